The van der Waals surface area contributed by atoms with Crippen LogP contribution in [0.1, 0.15) is 17.0 Å². The summed E-state index contributed by atoms with van der Waals surface area (Å²) in [7, 11) is 0. The lowest BCUT2D eigenvalue weighted by Crippen LogP contribution is -2.01. The normalized spacial score (nSPS) is 10.4. The van der Waals surface area contributed by atoms with Crippen molar-refractivity contribution in [2.24, 2.45) is 0 Å². The summed E-state index contributed by atoms with van der Waals surface area (Å²) in [5, 5.41) is 9.12. The zero-order valence-electron chi connectivity index (χ0n) is 10.1. The summed E-state index contributed by atoms with van der Waals surface area (Å²) in [6.07, 6.45) is 0. The zero-order chi connectivity index (χ0) is 13.0. The number of rotatable bonds is 4. The van der Waals surface area contributed by atoms with Crippen LogP contribution in [0.2, 0.25) is 0 Å². The van der Waals surface area contributed by atoms with Gasteiger partial charge in [0.05, 0.1) is 12.3 Å². The maximum absolute atomic E-state index is 13.0. The van der Waals surface area contributed by atoms with Crippen molar-refractivity contribution in [3.63, 3.8) is 0 Å². The fourth-order valence-electron chi connectivity index (χ4n) is 1.64. The number of nitrogens with zero attached hydrogens (tertiary/aromatic N) is 1. The van der Waals surface area contributed by atoms with Crippen LogP contribution in [-0.2, 0) is 13.2 Å². The van der Waals surface area contributed by atoms with Gasteiger partial charge in [0.1, 0.15) is 18.2 Å². The maximum Gasteiger partial charge on any atom is 0.130 e. The third-order valence-corrected chi connectivity index (χ3v) is 2.51. The largest absolute Gasteiger partial charge is 0.487 e. The third-order valence-electron chi connectivity index (χ3n) is 2.51. The van der Waals surface area contributed by atoms with Crippen LogP contribution in [0.5, 0.6) is 5.75 Å². The van der Waals surface area contributed by atoms with E-state index >= 15 is 0 Å². The second-order valence-electron chi connectivity index (χ2n) is 3.97. The Kier molecular flexibility index (Phi) is 3.89. The highest BCUT2D eigenvalue weighted by atomic mass is 19.1. The Bertz CT molecular complexity index is 543. The number of aromatic nitrogens is 1. The Hall–Kier alpha value is -1.94. The van der Waals surface area contributed by atoms with Gasteiger partial charge in [-0.15, -0.1) is 0 Å². The van der Waals surface area contributed by atoms with Gasteiger partial charge in [0.25, 0.3) is 0 Å². The first-order chi connectivity index (χ1) is 8.69. The summed E-state index contributed by atoms with van der Waals surface area (Å²) in [5.41, 5.74) is 2.14. The number of ether oxygens (including phenoxy) is 1. The molecular weight excluding hydrogens is 233 g/mol. The molecule has 0 atom stereocenters. The van der Waals surface area contributed by atoms with Gasteiger partial charge >= 0.3 is 0 Å². The molecule has 2 rings (SSSR count). The molecule has 0 aliphatic rings. The van der Waals surface area contributed by atoms with Crippen molar-refractivity contribution in [3.05, 3.63) is 59.2 Å². The zero-order valence-corrected chi connectivity index (χ0v) is 10.1. The molecule has 0 aliphatic carbocycles. The van der Waals surface area contributed by atoms with E-state index in [4.69, 9.17) is 9.84 Å². The highest BCUT2D eigenvalue weighted by Crippen LogP contribution is 2.20. The predicted molar refractivity (Wildman–Crippen MR) is 65.6 cm³/mol. The second-order valence-corrected chi connectivity index (χ2v) is 3.97. The molecule has 0 amide bonds. The molecule has 1 aromatic heterocycles. The summed E-state index contributed by atoms with van der Waals surface area (Å²) in [6.45, 7) is 1.94. The average Bonchev–Trinajstić information content (AvgIpc) is 2.37. The van der Waals surface area contributed by atoms with Gasteiger partial charge in [0.2, 0.25) is 0 Å². The minimum atomic E-state index is -0.389. The van der Waals surface area contributed by atoms with Crippen molar-refractivity contribution in [3.8, 4) is 5.75 Å². The summed E-state index contributed by atoms with van der Waals surface area (Å²) in [6, 6.07) is 9.74. The highest BCUT2D eigenvalue weighted by Gasteiger charge is 2.05. The molecular formula is C14H14FNO2. The fourth-order valence-corrected chi connectivity index (χ4v) is 1.64. The lowest BCUT2D eigenvalue weighted by molar-refractivity contribution is 0.256. The number of benzene rings is 1. The van der Waals surface area contributed by atoms with E-state index in [0.717, 1.165) is 11.4 Å². The SMILES string of the molecule is Cc1cccc(COc2ccc(F)cc2CO)n1. The molecule has 1 heterocycles. The first-order valence-corrected chi connectivity index (χ1v) is 5.63. The minimum Gasteiger partial charge on any atom is -0.487 e. The molecule has 18 heavy (non-hydrogen) atoms. The molecule has 1 aromatic carbocycles. The van der Waals surface area contributed by atoms with Crippen LogP contribution in [0.25, 0.3) is 0 Å². The summed E-state index contributed by atoms with van der Waals surface area (Å²) in [5.74, 6) is 0.0855. The van der Waals surface area contributed by atoms with E-state index in [2.05, 4.69) is 4.98 Å². The van der Waals surface area contributed by atoms with Crippen LogP contribution in [0.4, 0.5) is 4.39 Å². The highest BCUT2D eigenvalue weighted by molar-refractivity contribution is 5.33. The molecule has 0 fully saturated rings. The van der Waals surface area contributed by atoms with Crippen molar-refractivity contribution in [1.82, 2.24) is 4.98 Å². The van der Waals surface area contributed by atoms with Crippen molar-refractivity contribution < 1.29 is 14.2 Å². The number of halogens is 1. The molecule has 0 bridgehead atoms. The first-order valence-electron chi connectivity index (χ1n) is 5.63. The molecule has 4 heteroatoms. The molecule has 0 saturated carbocycles. The molecule has 2 aromatic rings. The topological polar surface area (TPSA) is 42.4 Å². The van der Waals surface area contributed by atoms with Gasteiger partial charge in [-0.25, -0.2) is 4.39 Å². The van der Waals surface area contributed by atoms with E-state index in [-0.39, 0.29) is 12.4 Å². The number of pyridine rings is 1. The van der Waals surface area contributed by atoms with Crippen molar-refractivity contribution >= 4 is 0 Å². The average molecular weight is 247 g/mol. The van der Waals surface area contributed by atoms with Crippen LogP contribution in [0, 0.1) is 12.7 Å². The lowest BCUT2D eigenvalue weighted by atomic mass is 10.2. The van der Waals surface area contributed by atoms with Crippen LogP contribution >= 0.6 is 0 Å². The Morgan fingerprint density at radius 2 is 2.11 bits per heavy atom. The quantitative estimate of drug-likeness (QED) is 0.903. The van der Waals surface area contributed by atoms with Crippen LogP contribution in [-0.4, -0.2) is 10.1 Å². The summed E-state index contributed by atoms with van der Waals surface area (Å²) < 4.78 is 18.5. The number of aryl methyl sites for hydroxylation is 1. The second kappa shape index (κ2) is 5.60. The first kappa shape index (κ1) is 12.5. The van der Waals surface area contributed by atoms with Crippen LogP contribution < -0.4 is 4.74 Å². The standard InChI is InChI=1S/C14H14FNO2/c1-10-3-2-4-13(16-10)9-18-14-6-5-12(15)7-11(14)8-17/h2-7,17H,8-9H2,1H3. The minimum absolute atomic E-state index is 0.256. The van der Waals surface area contributed by atoms with Crippen molar-refractivity contribution in [2.75, 3.05) is 0 Å². The van der Waals surface area contributed by atoms with Crippen molar-refractivity contribution in [1.29, 1.82) is 0 Å². The molecule has 0 unspecified atom stereocenters. The number of hydrogen-bond donors (Lipinski definition) is 1. The maximum atomic E-state index is 13.0. The molecule has 0 spiro atoms. The monoisotopic (exact) mass is 247 g/mol. The van der Waals surface area contributed by atoms with E-state index in [1.165, 1.54) is 18.2 Å². The van der Waals surface area contributed by atoms with E-state index in [0.29, 0.717) is 17.9 Å². The van der Waals surface area contributed by atoms with E-state index < -0.39 is 0 Å². The number of hydrogen-bond acceptors (Lipinski definition) is 3. The lowest BCUT2D eigenvalue weighted by Gasteiger charge is -2.10. The molecule has 94 valence electrons. The van der Waals surface area contributed by atoms with Gasteiger partial charge in [-0.05, 0) is 37.3 Å². The van der Waals surface area contributed by atoms with Crippen LogP contribution in [0.3, 0.4) is 0 Å². The smallest absolute Gasteiger partial charge is 0.130 e. The number of aliphatic hydroxyl groups is 1. The third kappa shape index (κ3) is 3.05. The molecule has 3 nitrogen and oxygen atoms in total. The molecule has 0 saturated heterocycles. The predicted octanol–water partition coefficient (Wildman–Crippen LogP) is 2.60. The Balaban J connectivity index is 2.10. The van der Waals surface area contributed by atoms with E-state index in [9.17, 15) is 4.39 Å². The van der Waals surface area contributed by atoms with Gasteiger partial charge < -0.3 is 9.84 Å². The number of aliphatic hydroxyl groups excluding tert-OH is 1. The Labute approximate surface area is 105 Å². The van der Waals surface area contributed by atoms with E-state index in [1.54, 1.807) is 0 Å². The van der Waals surface area contributed by atoms with Gasteiger partial charge in [-0.3, -0.25) is 4.98 Å². The molecule has 1 N–H and O–H groups in total. The summed E-state index contributed by atoms with van der Waals surface area (Å²) >= 11 is 0. The van der Waals surface area contributed by atoms with Gasteiger partial charge in [-0.1, -0.05) is 6.07 Å². The van der Waals surface area contributed by atoms with Crippen molar-refractivity contribution in [2.45, 2.75) is 20.1 Å². The molecule has 0 radical (unpaired) electrons. The summed E-state index contributed by atoms with van der Waals surface area (Å²) in [4.78, 5) is 4.30. The van der Waals surface area contributed by atoms with Gasteiger partial charge in [-0.2, -0.15) is 0 Å². The van der Waals surface area contributed by atoms with E-state index in [1.807, 2.05) is 25.1 Å². The fraction of sp³-hybridized carbons (Fsp3) is 0.214. The Morgan fingerprint density at radius 1 is 1.28 bits per heavy atom. The Morgan fingerprint density at radius 3 is 2.83 bits per heavy atom. The van der Waals surface area contributed by atoms with Crippen LogP contribution in [0.15, 0.2) is 36.4 Å². The van der Waals surface area contributed by atoms with Gasteiger partial charge in [0.15, 0.2) is 0 Å². The van der Waals surface area contributed by atoms with Gasteiger partial charge in [0, 0.05) is 11.3 Å². The molecule has 0 aliphatic heterocycles.